The number of hydrogen-bond acceptors (Lipinski definition) is 3. The van der Waals surface area contributed by atoms with Crippen LogP contribution in [0.2, 0.25) is 0 Å². The Morgan fingerprint density at radius 2 is 2.47 bits per heavy atom. The van der Waals surface area contributed by atoms with E-state index in [9.17, 15) is 4.79 Å². The second kappa shape index (κ2) is 4.88. The second-order valence-electron chi connectivity index (χ2n) is 4.01. The fourth-order valence-corrected chi connectivity index (χ4v) is 2.03. The molecule has 1 unspecified atom stereocenters. The average molecular weight is 230 g/mol. The normalized spacial score (nSPS) is 16.8. The molecule has 0 aliphatic carbocycles. The maximum Gasteiger partial charge on any atom is 0.307 e. The molecule has 1 aromatic carbocycles. The number of esters is 1. The predicted molar refractivity (Wildman–Crippen MR) is 65.1 cm³/mol. The minimum atomic E-state index is -0.178. The van der Waals surface area contributed by atoms with Gasteiger partial charge >= 0.3 is 5.97 Å². The lowest BCUT2D eigenvalue weighted by atomic mass is 10.1. The first kappa shape index (κ1) is 11.5. The molecular formula is C13H14N2O2. The van der Waals surface area contributed by atoms with E-state index in [0.29, 0.717) is 18.7 Å². The van der Waals surface area contributed by atoms with Crippen LogP contribution in [0.4, 0.5) is 11.4 Å². The monoisotopic (exact) mass is 230 g/mol. The van der Waals surface area contributed by atoms with Crippen molar-refractivity contribution in [3.63, 3.8) is 0 Å². The van der Waals surface area contributed by atoms with Crippen LogP contribution < -0.4 is 5.32 Å². The van der Waals surface area contributed by atoms with Crippen molar-refractivity contribution >= 4 is 17.3 Å². The van der Waals surface area contributed by atoms with Crippen LogP contribution in [0.25, 0.3) is 4.85 Å². The lowest BCUT2D eigenvalue weighted by molar-refractivity contribution is -0.143. The van der Waals surface area contributed by atoms with Crippen molar-refractivity contribution in [2.45, 2.75) is 25.8 Å². The van der Waals surface area contributed by atoms with Gasteiger partial charge in [0.15, 0.2) is 5.69 Å². The van der Waals surface area contributed by atoms with E-state index in [4.69, 9.17) is 11.3 Å². The van der Waals surface area contributed by atoms with Gasteiger partial charge < -0.3 is 10.1 Å². The number of fused-ring (bicyclic) bond motifs is 1. The van der Waals surface area contributed by atoms with Gasteiger partial charge in [-0.2, -0.15) is 0 Å². The molecule has 1 atom stereocenters. The summed E-state index contributed by atoms with van der Waals surface area (Å²) in [5.41, 5.74) is 2.74. The predicted octanol–water partition coefficient (Wildman–Crippen LogP) is 2.53. The third-order valence-corrected chi connectivity index (χ3v) is 2.77. The molecule has 0 radical (unpaired) electrons. The van der Waals surface area contributed by atoms with Crippen LogP contribution in [0.5, 0.6) is 0 Å². The highest BCUT2D eigenvalue weighted by molar-refractivity contribution is 5.73. The van der Waals surface area contributed by atoms with Gasteiger partial charge in [-0.05, 0) is 25.0 Å². The number of nitrogens with one attached hydrogen (secondary N) is 1. The lowest BCUT2D eigenvalue weighted by Crippen LogP contribution is -2.21. The van der Waals surface area contributed by atoms with Crippen LogP contribution >= 0.6 is 0 Å². The molecule has 1 heterocycles. The maximum absolute atomic E-state index is 11.4. The summed E-state index contributed by atoms with van der Waals surface area (Å²) in [6.45, 7) is 9.17. The van der Waals surface area contributed by atoms with Gasteiger partial charge in [-0.1, -0.05) is 12.1 Å². The molecule has 1 aromatic rings. The molecule has 0 amide bonds. The molecule has 4 heteroatoms. The minimum absolute atomic E-state index is 0.0880. The average Bonchev–Trinajstić information content (AvgIpc) is 2.69. The van der Waals surface area contributed by atoms with Gasteiger partial charge in [-0.25, -0.2) is 4.85 Å². The summed E-state index contributed by atoms with van der Waals surface area (Å²) in [7, 11) is 0. The summed E-state index contributed by atoms with van der Waals surface area (Å²) in [5, 5.41) is 3.25. The summed E-state index contributed by atoms with van der Waals surface area (Å²) < 4.78 is 4.92. The number of nitrogens with zero attached hydrogens (tertiary/aromatic N) is 1. The van der Waals surface area contributed by atoms with Gasteiger partial charge in [0.1, 0.15) is 0 Å². The molecule has 0 aromatic heterocycles. The van der Waals surface area contributed by atoms with Crippen LogP contribution in [0.1, 0.15) is 18.9 Å². The van der Waals surface area contributed by atoms with E-state index >= 15 is 0 Å². The quantitative estimate of drug-likeness (QED) is 0.641. The molecule has 0 saturated heterocycles. The Morgan fingerprint density at radius 1 is 1.65 bits per heavy atom. The highest BCUT2D eigenvalue weighted by Gasteiger charge is 2.23. The molecule has 0 fully saturated rings. The van der Waals surface area contributed by atoms with Crippen molar-refractivity contribution < 1.29 is 9.53 Å². The molecule has 1 N–H and O–H groups in total. The van der Waals surface area contributed by atoms with Gasteiger partial charge in [0.25, 0.3) is 0 Å². The number of carbonyl (C=O) groups excluding carboxylic acids is 1. The van der Waals surface area contributed by atoms with E-state index in [1.165, 1.54) is 0 Å². The van der Waals surface area contributed by atoms with Crippen LogP contribution in [-0.2, 0) is 16.0 Å². The third-order valence-electron chi connectivity index (χ3n) is 2.77. The summed E-state index contributed by atoms with van der Waals surface area (Å²) in [5.74, 6) is -0.178. The lowest BCUT2D eigenvalue weighted by Gasteiger charge is -2.09. The molecule has 0 bridgehead atoms. The summed E-state index contributed by atoms with van der Waals surface area (Å²) in [6, 6.07) is 5.67. The largest absolute Gasteiger partial charge is 0.466 e. The zero-order valence-electron chi connectivity index (χ0n) is 9.69. The number of anilines is 1. The Labute approximate surface area is 100 Å². The topological polar surface area (TPSA) is 42.7 Å². The van der Waals surface area contributed by atoms with E-state index in [1.54, 1.807) is 13.0 Å². The first-order valence-corrected chi connectivity index (χ1v) is 5.65. The highest BCUT2D eigenvalue weighted by atomic mass is 16.5. The van der Waals surface area contributed by atoms with Gasteiger partial charge in [0.05, 0.1) is 19.6 Å². The van der Waals surface area contributed by atoms with Crippen LogP contribution in [-0.4, -0.2) is 18.6 Å². The van der Waals surface area contributed by atoms with E-state index < -0.39 is 0 Å². The van der Waals surface area contributed by atoms with Crippen LogP contribution in [0.15, 0.2) is 18.2 Å². The Morgan fingerprint density at radius 3 is 3.18 bits per heavy atom. The van der Waals surface area contributed by atoms with Crippen molar-refractivity contribution in [3.8, 4) is 0 Å². The Hall–Kier alpha value is -2.02. The molecule has 88 valence electrons. The summed E-state index contributed by atoms with van der Waals surface area (Å²) >= 11 is 0. The van der Waals surface area contributed by atoms with Crippen molar-refractivity contribution in [2.75, 3.05) is 11.9 Å². The Bertz CT molecular complexity index is 477. The van der Waals surface area contributed by atoms with Gasteiger partial charge in [-0.3, -0.25) is 4.79 Å². The fraction of sp³-hybridized carbons (Fsp3) is 0.385. The Kier molecular flexibility index (Phi) is 3.29. The molecule has 1 aliphatic rings. The molecule has 17 heavy (non-hydrogen) atoms. The molecular weight excluding hydrogens is 216 g/mol. The van der Waals surface area contributed by atoms with Crippen LogP contribution in [0, 0.1) is 6.57 Å². The number of ether oxygens (including phenoxy) is 1. The SMILES string of the molecule is [C-]#[N+]c1ccc2c(c1)NC(CC(=O)OCC)C2. The highest BCUT2D eigenvalue weighted by Crippen LogP contribution is 2.30. The molecule has 0 saturated carbocycles. The first-order chi connectivity index (χ1) is 8.22. The van der Waals surface area contributed by atoms with Gasteiger partial charge in [0, 0.05) is 11.7 Å². The minimum Gasteiger partial charge on any atom is -0.466 e. The van der Waals surface area contributed by atoms with Gasteiger partial charge in [0.2, 0.25) is 0 Å². The number of hydrogen-bond donors (Lipinski definition) is 1. The van der Waals surface area contributed by atoms with E-state index in [-0.39, 0.29) is 12.0 Å². The van der Waals surface area contributed by atoms with E-state index in [1.807, 2.05) is 12.1 Å². The Balaban J connectivity index is 2.02. The van der Waals surface area contributed by atoms with Gasteiger partial charge in [-0.15, -0.1) is 0 Å². The fourth-order valence-electron chi connectivity index (χ4n) is 2.03. The number of benzene rings is 1. The smallest absolute Gasteiger partial charge is 0.307 e. The third kappa shape index (κ3) is 2.56. The van der Waals surface area contributed by atoms with Crippen LogP contribution in [0.3, 0.4) is 0 Å². The van der Waals surface area contributed by atoms with Crippen molar-refractivity contribution in [3.05, 3.63) is 35.2 Å². The zero-order valence-corrected chi connectivity index (χ0v) is 9.69. The number of carbonyl (C=O) groups is 1. The van der Waals surface area contributed by atoms with Crippen molar-refractivity contribution in [2.24, 2.45) is 0 Å². The number of rotatable bonds is 3. The summed E-state index contributed by atoms with van der Waals surface area (Å²) in [6.07, 6.45) is 1.18. The van der Waals surface area contributed by atoms with E-state index in [0.717, 1.165) is 17.7 Å². The molecule has 2 rings (SSSR count). The maximum atomic E-state index is 11.4. The zero-order chi connectivity index (χ0) is 12.3. The molecule has 1 aliphatic heterocycles. The molecule has 0 spiro atoms. The van der Waals surface area contributed by atoms with E-state index in [2.05, 4.69) is 10.2 Å². The van der Waals surface area contributed by atoms with Crippen molar-refractivity contribution in [1.82, 2.24) is 0 Å². The van der Waals surface area contributed by atoms with Crippen molar-refractivity contribution in [1.29, 1.82) is 0 Å². The summed E-state index contributed by atoms with van der Waals surface area (Å²) in [4.78, 5) is 14.7. The first-order valence-electron chi connectivity index (χ1n) is 5.65. The molecule has 4 nitrogen and oxygen atoms in total. The second-order valence-corrected chi connectivity index (χ2v) is 4.01. The standard InChI is InChI=1S/C13H14N2O2/c1-3-17-13(16)8-11-6-9-4-5-10(14-2)7-12(9)15-11/h4-5,7,11,15H,3,6,8H2,1H3.